The number of nitrogen functional groups attached to an aromatic ring is 1. The van der Waals surface area contributed by atoms with Gasteiger partial charge in [0.15, 0.2) is 17.4 Å². The van der Waals surface area contributed by atoms with Crippen LogP contribution in [0.3, 0.4) is 0 Å². The van der Waals surface area contributed by atoms with Crippen LogP contribution in [-0.2, 0) is 6.54 Å². The monoisotopic (exact) mass is 365 g/mol. The SMILES string of the molecule is CCn1cc(OC(=O)O)c(=O)c2c(N)c(F)c(N3CCC(CN)C3)nc21. The maximum atomic E-state index is 14.9. The minimum Gasteiger partial charge on any atom is -0.449 e. The lowest BCUT2D eigenvalue weighted by atomic mass is 10.1. The molecule has 0 radical (unpaired) electrons. The Hall–Kier alpha value is -2.88. The van der Waals surface area contributed by atoms with Gasteiger partial charge in [0.25, 0.3) is 0 Å². The van der Waals surface area contributed by atoms with Crippen LogP contribution in [0.15, 0.2) is 11.0 Å². The highest BCUT2D eigenvalue weighted by atomic mass is 19.1. The largest absolute Gasteiger partial charge is 0.511 e. The number of rotatable bonds is 4. The van der Waals surface area contributed by atoms with Crippen molar-refractivity contribution in [1.82, 2.24) is 9.55 Å². The van der Waals surface area contributed by atoms with Crippen LogP contribution in [-0.4, -0.2) is 40.4 Å². The van der Waals surface area contributed by atoms with E-state index in [0.717, 1.165) is 6.42 Å². The molecular formula is C16H20FN5O4. The Morgan fingerprint density at radius 2 is 2.27 bits per heavy atom. The van der Waals surface area contributed by atoms with Crippen LogP contribution in [0.1, 0.15) is 13.3 Å². The highest BCUT2D eigenvalue weighted by Crippen LogP contribution is 2.31. The van der Waals surface area contributed by atoms with Gasteiger partial charge in [0, 0.05) is 19.6 Å². The zero-order valence-corrected chi connectivity index (χ0v) is 14.2. The second-order valence-corrected chi connectivity index (χ2v) is 6.17. The maximum Gasteiger partial charge on any atom is 0.511 e. The van der Waals surface area contributed by atoms with E-state index in [1.807, 2.05) is 0 Å². The molecule has 1 aliphatic heterocycles. The number of fused-ring (bicyclic) bond motifs is 1. The number of carbonyl (C=O) groups is 1. The number of carboxylic acid groups (broad SMARTS) is 1. The molecular weight excluding hydrogens is 345 g/mol. The number of anilines is 2. The normalized spacial score (nSPS) is 17.0. The minimum atomic E-state index is -1.64. The number of nitrogens with zero attached hydrogens (tertiary/aromatic N) is 3. The molecule has 1 unspecified atom stereocenters. The van der Waals surface area contributed by atoms with Crippen molar-refractivity contribution >= 4 is 28.7 Å². The van der Waals surface area contributed by atoms with E-state index in [1.54, 1.807) is 11.8 Å². The average Bonchev–Trinajstić information content (AvgIpc) is 3.08. The molecule has 140 valence electrons. The Morgan fingerprint density at radius 3 is 2.85 bits per heavy atom. The molecule has 0 aliphatic carbocycles. The molecule has 1 fully saturated rings. The van der Waals surface area contributed by atoms with Crippen molar-refractivity contribution in [2.45, 2.75) is 19.9 Å². The van der Waals surface area contributed by atoms with Gasteiger partial charge < -0.3 is 30.8 Å². The Labute approximate surface area is 148 Å². The summed E-state index contributed by atoms with van der Waals surface area (Å²) < 4.78 is 20.9. The minimum absolute atomic E-state index is 0.0689. The molecule has 26 heavy (non-hydrogen) atoms. The standard InChI is InChI=1S/C16H20FN5O4/c1-2-21-7-9(26-16(24)25)13(23)10-12(19)11(17)15(20-14(10)21)22-4-3-8(5-18)6-22/h7-8H,2-6,18H2,1H3,(H2,19,20)(H,24,25). The molecule has 1 atom stereocenters. The summed E-state index contributed by atoms with van der Waals surface area (Å²) in [6.45, 7) is 3.78. The van der Waals surface area contributed by atoms with E-state index in [9.17, 15) is 14.0 Å². The lowest BCUT2D eigenvalue weighted by molar-refractivity contribution is 0.144. The van der Waals surface area contributed by atoms with Crippen LogP contribution in [0.5, 0.6) is 5.75 Å². The quantitative estimate of drug-likeness (QED) is 0.682. The van der Waals surface area contributed by atoms with E-state index in [1.165, 1.54) is 10.8 Å². The second kappa shape index (κ2) is 6.79. The van der Waals surface area contributed by atoms with Crippen molar-refractivity contribution < 1.29 is 19.0 Å². The number of aryl methyl sites for hydroxylation is 1. The van der Waals surface area contributed by atoms with E-state index < -0.39 is 23.2 Å². The van der Waals surface area contributed by atoms with E-state index in [2.05, 4.69) is 9.72 Å². The number of ether oxygens (including phenoxy) is 1. The summed E-state index contributed by atoms with van der Waals surface area (Å²) in [7, 11) is 0. The van der Waals surface area contributed by atoms with E-state index in [-0.39, 0.29) is 28.5 Å². The highest BCUT2D eigenvalue weighted by Gasteiger charge is 2.28. The molecule has 3 heterocycles. The summed E-state index contributed by atoms with van der Waals surface area (Å²) in [5, 5.41) is 8.59. The molecule has 1 aliphatic rings. The topological polar surface area (TPSA) is 137 Å². The lowest BCUT2D eigenvalue weighted by Crippen LogP contribution is -2.26. The van der Waals surface area contributed by atoms with Gasteiger partial charge in [0.2, 0.25) is 5.43 Å². The summed E-state index contributed by atoms with van der Waals surface area (Å²) >= 11 is 0. The molecule has 0 amide bonds. The van der Waals surface area contributed by atoms with Gasteiger partial charge in [0.05, 0.1) is 17.3 Å². The van der Waals surface area contributed by atoms with Crippen molar-refractivity contribution in [3.05, 3.63) is 22.2 Å². The summed E-state index contributed by atoms with van der Waals surface area (Å²) in [5.74, 6) is -0.938. The Balaban J connectivity index is 2.22. The molecule has 0 bridgehead atoms. The fourth-order valence-electron chi connectivity index (χ4n) is 3.21. The predicted molar refractivity (Wildman–Crippen MR) is 94.1 cm³/mol. The average molecular weight is 365 g/mol. The van der Waals surface area contributed by atoms with Crippen molar-refractivity contribution in [3.8, 4) is 5.75 Å². The van der Waals surface area contributed by atoms with Crippen LogP contribution in [0, 0.1) is 11.7 Å². The van der Waals surface area contributed by atoms with Crippen molar-refractivity contribution in [3.63, 3.8) is 0 Å². The molecule has 10 heteroatoms. The summed E-state index contributed by atoms with van der Waals surface area (Å²) in [5.41, 5.74) is 10.6. The van der Waals surface area contributed by atoms with Crippen LogP contribution < -0.4 is 26.5 Å². The third-order valence-corrected chi connectivity index (χ3v) is 4.59. The molecule has 3 rings (SSSR count). The number of aromatic nitrogens is 2. The maximum absolute atomic E-state index is 14.9. The van der Waals surface area contributed by atoms with Gasteiger partial charge >= 0.3 is 6.16 Å². The zero-order chi connectivity index (χ0) is 19.0. The number of hydrogen-bond donors (Lipinski definition) is 3. The highest BCUT2D eigenvalue weighted by molar-refractivity contribution is 5.91. The third-order valence-electron chi connectivity index (χ3n) is 4.59. The molecule has 2 aromatic heterocycles. The number of pyridine rings is 2. The summed E-state index contributed by atoms with van der Waals surface area (Å²) in [6, 6.07) is 0. The molecule has 0 saturated carbocycles. The van der Waals surface area contributed by atoms with Crippen molar-refractivity contribution in [2.75, 3.05) is 30.3 Å². The van der Waals surface area contributed by atoms with Gasteiger partial charge in [-0.25, -0.2) is 14.2 Å². The third kappa shape index (κ3) is 2.92. The summed E-state index contributed by atoms with van der Waals surface area (Å²) in [4.78, 5) is 29.4. The van der Waals surface area contributed by atoms with E-state index >= 15 is 0 Å². The Kier molecular flexibility index (Phi) is 4.68. The van der Waals surface area contributed by atoms with Crippen LogP contribution >= 0.6 is 0 Å². The summed E-state index contributed by atoms with van der Waals surface area (Å²) in [6.07, 6.45) is 0.416. The van der Waals surface area contributed by atoms with Crippen molar-refractivity contribution in [1.29, 1.82) is 0 Å². The Bertz CT molecular complexity index is 929. The first-order chi connectivity index (χ1) is 12.4. The van der Waals surface area contributed by atoms with Gasteiger partial charge in [-0.3, -0.25) is 4.79 Å². The van der Waals surface area contributed by atoms with Gasteiger partial charge in [-0.15, -0.1) is 0 Å². The molecule has 9 nitrogen and oxygen atoms in total. The fraction of sp³-hybridized carbons (Fsp3) is 0.438. The first kappa shape index (κ1) is 17.9. The molecule has 5 N–H and O–H groups in total. The Morgan fingerprint density at radius 1 is 1.54 bits per heavy atom. The van der Waals surface area contributed by atoms with Gasteiger partial charge in [-0.05, 0) is 25.8 Å². The fourth-order valence-corrected chi connectivity index (χ4v) is 3.21. The number of nitrogens with two attached hydrogens (primary N) is 2. The first-order valence-electron chi connectivity index (χ1n) is 8.25. The van der Waals surface area contributed by atoms with Gasteiger partial charge in [-0.2, -0.15) is 0 Å². The van der Waals surface area contributed by atoms with Gasteiger partial charge in [0.1, 0.15) is 5.65 Å². The predicted octanol–water partition coefficient (Wildman–Crippen LogP) is 0.980. The molecule has 1 saturated heterocycles. The zero-order valence-electron chi connectivity index (χ0n) is 14.2. The molecule has 0 spiro atoms. The molecule has 0 aromatic carbocycles. The number of halogens is 1. The second-order valence-electron chi connectivity index (χ2n) is 6.17. The van der Waals surface area contributed by atoms with Crippen LogP contribution in [0.25, 0.3) is 11.0 Å². The molecule has 2 aromatic rings. The van der Waals surface area contributed by atoms with E-state index in [0.29, 0.717) is 26.2 Å². The van der Waals surface area contributed by atoms with Crippen LogP contribution in [0.4, 0.5) is 20.7 Å². The first-order valence-corrected chi connectivity index (χ1v) is 8.25. The van der Waals surface area contributed by atoms with E-state index in [4.69, 9.17) is 16.6 Å². The smallest absolute Gasteiger partial charge is 0.449 e. The van der Waals surface area contributed by atoms with Crippen LogP contribution in [0.2, 0.25) is 0 Å². The lowest BCUT2D eigenvalue weighted by Gasteiger charge is -2.21. The number of hydrogen-bond acceptors (Lipinski definition) is 7. The van der Waals surface area contributed by atoms with Crippen molar-refractivity contribution in [2.24, 2.45) is 11.7 Å². The van der Waals surface area contributed by atoms with Gasteiger partial charge in [-0.1, -0.05) is 0 Å².